The van der Waals surface area contributed by atoms with Crippen LogP contribution in [0.1, 0.15) is 26.2 Å². The standard InChI is InChI=1S/C22H28FN5O4/c1-15(30)26-12-18(32-14-29)13-27(2)17-4-3-5-21(20(23)10-17)28-8-6-16(7-9-28)19(11-24)22(25)31/h4-5,10,14,18H,3,6-9,12-13H2,1-2H3,(H2,25,31)(H,26,30). The Bertz CT molecular complexity index is 906. The summed E-state index contributed by atoms with van der Waals surface area (Å²) in [5, 5.41) is 11.7. The Morgan fingerprint density at radius 2 is 2.09 bits per heavy atom. The van der Waals surface area contributed by atoms with Gasteiger partial charge in [0.15, 0.2) is 0 Å². The third kappa shape index (κ3) is 6.70. The summed E-state index contributed by atoms with van der Waals surface area (Å²) in [6.07, 6.45) is 5.91. The number of piperidine rings is 1. The van der Waals surface area contributed by atoms with Crippen molar-refractivity contribution in [3.8, 4) is 6.07 Å². The molecule has 1 unspecified atom stereocenters. The van der Waals surface area contributed by atoms with E-state index in [0.29, 0.717) is 55.8 Å². The predicted octanol–water partition coefficient (Wildman–Crippen LogP) is 1.02. The van der Waals surface area contributed by atoms with Gasteiger partial charge in [0.05, 0.1) is 18.8 Å². The van der Waals surface area contributed by atoms with Gasteiger partial charge >= 0.3 is 0 Å². The van der Waals surface area contributed by atoms with Crippen LogP contribution >= 0.6 is 0 Å². The lowest BCUT2D eigenvalue weighted by atomic mass is 9.97. The molecule has 3 N–H and O–H groups in total. The zero-order chi connectivity index (χ0) is 23.7. The Kier molecular flexibility index (Phi) is 9.01. The van der Waals surface area contributed by atoms with Gasteiger partial charge in [-0.3, -0.25) is 14.4 Å². The summed E-state index contributed by atoms with van der Waals surface area (Å²) >= 11 is 0. The molecule has 1 heterocycles. The van der Waals surface area contributed by atoms with Crippen LogP contribution in [-0.4, -0.2) is 67.4 Å². The van der Waals surface area contributed by atoms with E-state index in [9.17, 15) is 14.4 Å². The van der Waals surface area contributed by atoms with Crippen molar-refractivity contribution in [2.45, 2.75) is 32.3 Å². The fraction of sp³-hybridized carbons (Fsp3) is 0.455. The normalized spacial score (nSPS) is 17.0. The number of amides is 2. The average molecular weight is 445 g/mol. The molecule has 1 aliphatic carbocycles. The Hall–Kier alpha value is -3.61. The predicted molar refractivity (Wildman–Crippen MR) is 115 cm³/mol. The number of rotatable bonds is 9. The third-order valence-corrected chi connectivity index (χ3v) is 5.32. The second-order valence-corrected chi connectivity index (χ2v) is 7.56. The van der Waals surface area contributed by atoms with Gasteiger partial charge in [0, 0.05) is 32.8 Å². The number of likely N-dealkylation sites (N-methyl/N-ethyl adjacent to an activating group) is 1. The molecular weight excluding hydrogens is 417 g/mol. The minimum atomic E-state index is -0.733. The minimum Gasteiger partial charge on any atom is -0.461 e. The number of likely N-dealkylation sites (tertiary alicyclic amines) is 1. The lowest BCUT2D eigenvalue weighted by Crippen LogP contribution is -2.39. The van der Waals surface area contributed by atoms with Gasteiger partial charge in [0.25, 0.3) is 12.4 Å². The van der Waals surface area contributed by atoms with Crippen LogP contribution in [0.2, 0.25) is 0 Å². The molecule has 1 aliphatic heterocycles. The number of carbonyl (C=O) groups excluding carboxylic acids is 3. The van der Waals surface area contributed by atoms with Gasteiger partial charge in [-0.05, 0) is 30.9 Å². The Balaban J connectivity index is 2.05. The highest BCUT2D eigenvalue weighted by atomic mass is 19.1. The molecule has 2 aliphatic rings. The van der Waals surface area contributed by atoms with E-state index in [1.54, 1.807) is 18.0 Å². The molecule has 0 aromatic carbocycles. The average Bonchev–Trinajstić information content (AvgIpc) is 2.94. The molecule has 0 bridgehead atoms. The largest absolute Gasteiger partial charge is 0.461 e. The van der Waals surface area contributed by atoms with Crippen molar-refractivity contribution in [3.05, 3.63) is 46.6 Å². The number of hydrogen-bond donors (Lipinski definition) is 2. The van der Waals surface area contributed by atoms with E-state index in [1.807, 2.05) is 17.0 Å². The molecule has 0 aromatic heterocycles. The highest BCUT2D eigenvalue weighted by Crippen LogP contribution is 2.29. The van der Waals surface area contributed by atoms with Crippen molar-refractivity contribution in [1.82, 2.24) is 15.1 Å². The molecule has 2 rings (SSSR count). The van der Waals surface area contributed by atoms with Gasteiger partial charge in [-0.1, -0.05) is 12.2 Å². The molecule has 1 atom stereocenters. The number of allylic oxidation sites excluding steroid dienone is 4. The van der Waals surface area contributed by atoms with Crippen molar-refractivity contribution in [2.75, 3.05) is 33.2 Å². The van der Waals surface area contributed by atoms with E-state index >= 15 is 4.39 Å². The van der Waals surface area contributed by atoms with Crippen LogP contribution in [0.25, 0.3) is 0 Å². The first-order valence-electron chi connectivity index (χ1n) is 10.3. The topological polar surface area (TPSA) is 129 Å². The van der Waals surface area contributed by atoms with Gasteiger partial charge < -0.3 is 25.6 Å². The minimum absolute atomic E-state index is 0.00699. The maximum atomic E-state index is 15.1. The van der Waals surface area contributed by atoms with E-state index < -0.39 is 17.8 Å². The number of nitriles is 1. The summed E-state index contributed by atoms with van der Waals surface area (Å²) < 4.78 is 20.1. The summed E-state index contributed by atoms with van der Waals surface area (Å²) in [5.74, 6) is -1.38. The number of nitrogens with one attached hydrogen (secondary N) is 1. The van der Waals surface area contributed by atoms with Crippen LogP contribution in [-0.2, 0) is 19.1 Å². The molecule has 0 aromatic rings. The van der Waals surface area contributed by atoms with Gasteiger partial charge in [0.2, 0.25) is 5.91 Å². The molecule has 0 radical (unpaired) electrons. The molecule has 10 heteroatoms. The van der Waals surface area contributed by atoms with Gasteiger partial charge in [-0.2, -0.15) is 5.26 Å². The third-order valence-electron chi connectivity index (χ3n) is 5.32. The second kappa shape index (κ2) is 11.7. The van der Waals surface area contributed by atoms with Crippen molar-refractivity contribution in [1.29, 1.82) is 5.26 Å². The summed E-state index contributed by atoms with van der Waals surface area (Å²) in [6, 6.07) is 1.86. The summed E-state index contributed by atoms with van der Waals surface area (Å²) in [5.41, 5.74) is 7.03. The smallest absolute Gasteiger partial charge is 0.293 e. The quantitative estimate of drug-likeness (QED) is 0.308. The zero-order valence-corrected chi connectivity index (χ0v) is 18.3. The summed E-state index contributed by atoms with van der Waals surface area (Å²) in [7, 11) is 1.75. The first-order chi connectivity index (χ1) is 15.3. The number of nitrogens with zero attached hydrogens (tertiary/aromatic N) is 3. The van der Waals surface area contributed by atoms with Crippen molar-refractivity contribution < 1.29 is 23.5 Å². The monoisotopic (exact) mass is 445 g/mol. The molecule has 0 saturated carbocycles. The highest BCUT2D eigenvalue weighted by molar-refractivity contribution is 5.96. The van der Waals surface area contributed by atoms with E-state index in [1.165, 1.54) is 13.0 Å². The van der Waals surface area contributed by atoms with Crippen LogP contribution in [0.5, 0.6) is 0 Å². The highest BCUT2D eigenvalue weighted by Gasteiger charge is 2.24. The maximum Gasteiger partial charge on any atom is 0.293 e. The molecule has 2 amide bonds. The molecular formula is C22H28FN5O4. The van der Waals surface area contributed by atoms with E-state index in [-0.39, 0.29) is 24.6 Å². The first-order valence-corrected chi connectivity index (χ1v) is 10.3. The lowest BCUT2D eigenvalue weighted by molar-refractivity contribution is -0.135. The van der Waals surface area contributed by atoms with Gasteiger partial charge in [-0.15, -0.1) is 0 Å². The molecule has 0 spiro atoms. The summed E-state index contributed by atoms with van der Waals surface area (Å²) in [6.45, 7) is 3.06. The van der Waals surface area contributed by atoms with Crippen molar-refractivity contribution in [2.24, 2.45) is 5.73 Å². The van der Waals surface area contributed by atoms with Crippen LogP contribution in [0.4, 0.5) is 4.39 Å². The zero-order valence-electron chi connectivity index (χ0n) is 18.3. The number of ether oxygens (including phenoxy) is 1. The molecule has 1 fully saturated rings. The number of primary amides is 1. The first kappa shape index (κ1) is 24.7. The van der Waals surface area contributed by atoms with Crippen molar-refractivity contribution >= 4 is 18.3 Å². The fourth-order valence-electron chi connectivity index (χ4n) is 3.68. The van der Waals surface area contributed by atoms with E-state index in [4.69, 9.17) is 15.7 Å². The van der Waals surface area contributed by atoms with Crippen LogP contribution in [0.15, 0.2) is 46.6 Å². The number of halogens is 1. The van der Waals surface area contributed by atoms with Gasteiger partial charge in [0.1, 0.15) is 23.6 Å². The Labute approximate surface area is 186 Å². The van der Waals surface area contributed by atoms with Crippen LogP contribution in [0.3, 0.4) is 0 Å². The lowest BCUT2D eigenvalue weighted by Gasteiger charge is -2.32. The molecule has 9 nitrogen and oxygen atoms in total. The molecule has 172 valence electrons. The Morgan fingerprint density at radius 1 is 1.41 bits per heavy atom. The van der Waals surface area contributed by atoms with Crippen LogP contribution in [0, 0.1) is 11.3 Å². The maximum absolute atomic E-state index is 15.1. The number of carbonyl (C=O) groups is 3. The number of hydrogen-bond acceptors (Lipinski definition) is 7. The molecule has 32 heavy (non-hydrogen) atoms. The second-order valence-electron chi connectivity index (χ2n) is 7.56. The van der Waals surface area contributed by atoms with E-state index in [2.05, 4.69) is 5.32 Å². The number of nitrogens with two attached hydrogens (primary N) is 1. The van der Waals surface area contributed by atoms with Crippen LogP contribution < -0.4 is 11.1 Å². The van der Waals surface area contributed by atoms with Gasteiger partial charge in [-0.25, -0.2) is 4.39 Å². The SMILES string of the molecule is CC(=O)NCC(CN(C)C1=CCC=C(N2CCC(=C(C#N)C(N)=O)CC2)C(F)=C1)OC=O. The summed E-state index contributed by atoms with van der Waals surface area (Å²) in [4.78, 5) is 36.9. The Morgan fingerprint density at radius 3 is 2.66 bits per heavy atom. The van der Waals surface area contributed by atoms with Crippen molar-refractivity contribution in [3.63, 3.8) is 0 Å². The molecule has 1 saturated heterocycles. The fourth-order valence-corrected chi connectivity index (χ4v) is 3.68. The van der Waals surface area contributed by atoms with E-state index in [0.717, 1.165) is 0 Å².